The topological polar surface area (TPSA) is 60.9 Å². The Morgan fingerprint density at radius 3 is 2.82 bits per heavy atom. The lowest BCUT2D eigenvalue weighted by atomic mass is 10.2. The van der Waals surface area contributed by atoms with Crippen LogP contribution in [0.25, 0.3) is 22.3 Å². The highest BCUT2D eigenvalue weighted by atomic mass is 32.1. The van der Waals surface area contributed by atoms with Crippen molar-refractivity contribution < 1.29 is 0 Å². The first-order chi connectivity index (χ1) is 10.7. The maximum Gasteiger partial charge on any atom is 0.194 e. The van der Waals surface area contributed by atoms with Crippen LogP contribution in [0.3, 0.4) is 0 Å². The van der Waals surface area contributed by atoms with Gasteiger partial charge in [-0.3, -0.25) is 4.40 Å². The first kappa shape index (κ1) is 13.1. The van der Waals surface area contributed by atoms with Gasteiger partial charge in [-0.05, 0) is 12.1 Å². The molecule has 0 aromatic carbocycles. The Balaban J connectivity index is 1.92. The van der Waals surface area contributed by atoms with Crippen molar-refractivity contribution >= 4 is 16.3 Å². The van der Waals surface area contributed by atoms with E-state index in [0.29, 0.717) is 0 Å². The second-order valence-corrected chi connectivity index (χ2v) is 6.14. The van der Waals surface area contributed by atoms with Gasteiger partial charge in [0.2, 0.25) is 0 Å². The second kappa shape index (κ2) is 5.03. The van der Waals surface area contributed by atoms with Crippen molar-refractivity contribution in [1.82, 2.24) is 29.1 Å². The van der Waals surface area contributed by atoms with Crippen LogP contribution in [0.2, 0.25) is 0 Å². The number of rotatable bonds is 3. The smallest absolute Gasteiger partial charge is 0.194 e. The summed E-state index contributed by atoms with van der Waals surface area (Å²) in [6.45, 7) is 4.15. The number of fused-ring (bicyclic) bond motifs is 1. The van der Waals surface area contributed by atoms with Crippen molar-refractivity contribution in [2.24, 2.45) is 0 Å². The van der Waals surface area contributed by atoms with Crippen LogP contribution in [0, 0.1) is 0 Å². The Bertz CT molecular complexity index is 889. The molecular formula is C15H14N6S. The van der Waals surface area contributed by atoms with E-state index >= 15 is 0 Å². The van der Waals surface area contributed by atoms with Crippen LogP contribution in [0.15, 0.2) is 42.2 Å². The summed E-state index contributed by atoms with van der Waals surface area (Å²) in [4.78, 5) is 14.6. The maximum atomic E-state index is 4.67. The summed E-state index contributed by atoms with van der Waals surface area (Å²) in [5.41, 5.74) is 0.803. The molecule has 0 saturated heterocycles. The maximum absolute atomic E-state index is 4.67. The van der Waals surface area contributed by atoms with E-state index in [2.05, 4.69) is 33.9 Å². The molecule has 0 aliphatic rings. The lowest BCUT2D eigenvalue weighted by Crippen LogP contribution is -2.02. The van der Waals surface area contributed by atoms with Crippen LogP contribution in [0.4, 0.5) is 0 Å². The summed E-state index contributed by atoms with van der Waals surface area (Å²) in [5, 5.41) is 6.62. The minimum absolute atomic E-state index is 0.243. The first-order valence-electron chi connectivity index (χ1n) is 7.03. The van der Waals surface area contributed by atoms with Gasteiger partial charge in [0.25, 0.3) is 0 Å². The van der Waals surface area contributed by atoms with Gasteiger partial charge in [-0.1, -0.05) is 19.9 Å². The first-order valence-corrected chi connectivity index (χ1v) is 7.91. The van der Waals surface area contributed by atoms with Crippen molar-refractivity contribution in [2.75, 3.05) is 0 Å². The van der Waals surface area contributed by atoms with Gasteiger partial charge in [0.15, 0.2) is 22.4 Å². The third-order valence-corrected chi connectivity index (χ3v) is 4.10. The van der Waals surface area contributed by atoms with Crippen molar-refractivity contribution in [2.45, 2.75) is 19.8 Å². The summed E-state index contributed by atoms with van der Waals surface area (Å²) in [7, 11) is 0. The molecule has 0 spiro atoms. The van der Waals surface area contributed by atoms with Gasteiger partial charge >= 0.3 is 0 Å². The Labute approximate surface area is 131 Å². The molecular weight excluding hydrogens is 296 g/mol. The summed E-state index contributed by atoms with van der Waals surface area (Å²) in [5.74, 6) is 2.50. The number of nitrogens with zero attached hydrogens (tertiary/aromatic N) is 6. The molecule has 7 heteroatoms. The fourth-order valence-electron chi connectivity index (χ4n) is 2.21. The normalized spacial score (nSPS) is 11.6. The molecule has 0 bridgehead atoms. The number of imidazole rings is 1. The molecule has 110 valence electrons. The average Bonchev–Trinajstić information content (AvgIpc) is 3.21. The van der Waals surface area contributed by atoms with E-state index in [-0.39, 0.29) is 5.92 Å². The van der Waals surface area contributed by atoms with Gasteiger partial charge in [0.1, 0.15) is 5.69 Å². The van der Waals surface area contributed by atoms with Crippen LogP contribution in [-0.4, -0.2) is 29.1 Å². The molecule has 4 rings (SSSR count). The van der Waals surface area contributed by atoms with Crippen molar-refractivity contribution in [3.05, 3.63) is 48.0 Å². The minimum atomic E-state index is 0.243. The number of pyridine rings is 1. The van der Waals surface area contributed by atoms with E-state index in [1.165, 1.54) is 0 Å². The standard InChI is InChI=1S/C15H14N6S/c1-10(2)13-18-14(11-9-20-7-8-22-15(20)17-11)21(19-13)12-5-3-4-6-16-12/h3-10H,1-2H3. The number of hydrogen-bond donors (Lipinski definition) is 0. The molecule has 0 aliphatic carbocycles. The monoisotopic (exact) mass is 310 g/mol. The third-order valence-electron chi connectivity index (χ3n) is 3.33. The van der Waals surface area contributed by atoms with E-state index in [1.54, 1.807) is 22.2 Å². The van der Waals surface area contributed by atoms with Crippen LogP contribution in [0.1, 0.15) is 25.6 Å². The highest BCUT2D eigenvalue weighted by Crippen LogP contribution is 2.24. The van der Waals surface area contributed by atoms with Crippen LogP contribution in [0.5, 0.6) is 0 Å². The van der Waals surface area contributed by atoms with Crippen molar-refractivity contribution in [3.63, 3.8) is 0 Å². The van der Waals surface area contributed by atoms with E-state index < -0.39 is 0 Å². The highest BCUT2D eigenvalue weighted by Gasteiger charge is 2.18. The van der Waals surface area contributed by atoms with Gasteiger partial charge < -0.3 is 0 Å². The van der Waals surface area contributed by atoms with Crippen molar-refractivity contribution in [3.8, 4) is 17.3 Å². The van der Waals surface area contributed by atoms with E-state index in [0.717, 1.165) is 28.1 Å². The summed E-state index contributed by atoms with van der Waals surface area (Å²) >= 11 is 1.60. The number of thiazole rings is 1. The zero-order valence-corrected chi connectivity index (χ0v) is 13.0. The Morgan fingerprint density at radius 1 is 1.18 bits per heavy atom. The molecule has 4 aromatic rings. The van der Waals surface area contributed by atoms with Gasteiger partial charge in [-0.2, -0.15) is 4.68 Å². The molecule has 22 heavy (non-hydrogen) atoms. The predicted molar refractivity (Wildman–Crippen MR) is 85.3 cm³/mol. The molecule has 6 nitrogen and oxygen atoms in total. The van der Waals surface area contributed by atoms with Gasteiger partial charge in [0.05, 0.1) is 0 Å². The molecule has 4 aromatic heterocycles. The number of aromatic nitrogens is 6. The second-order valence-electron chi connectivity index (χ2n) is 5.27. The molecule has 0 fully saturated rings. The van der Waals surface area contributed by atoms with Crippen molar-refractivity contribution in [1.29, 1.82) is 0 Å². The zero-order chi connectivity index (χ0) is 15.1. The predicted octanol–water partition coefficient (Wildman–Crippen LogP) is 3.16. The number of hydrogen-bond acceptors (Lipinski definition) is 5. The Hall–Kier alpha value is -2.54. The molecule has 0 saturated carbocycles. The molecule has 0 unspecified atom stereocenters. The van der Waals surface area contributed by atoms with E-state index in [1.807, 2.05) is 40.4 Å². The Morgan fingerprint density at radius 2 is 2.09 bits per heavy atom. The fourth-order valence-corrected chi connectivity index (χ4v) is 2.91. The minimum Gasteiger partial charge on any atom is -0.297 e. The lowest BCUT2D eigenvalue weighted by molar-refractivity contribution is 0.747. The molecule has 0 N–H and O–H groups in total. The SMILES string of the molecule is CC(C)c1nc(-c2cn3ccsc3n2)n(-c2ccccn2)n1. The third kappa shape index (κ3) is 2.10. The quantitative estimate of drug-likeness (QED) is 0.583. The zero-order valence-electron chi connectivity index (χ0n) is 12.2. The largest absolute Gasteiger partial charge is 0.297 e. The van der Waals surface area contributed by atoms with Gasteiger partial charge in [0, 0.05) is 29.9 Å². The lowest BCUT2D eigenvalue weighted by Gasteiger charge is -2.02. The van der Waals surface area contributed by atoms with Crippen LogP contribution in [-0.2, 0) is 0 Å². The van der Waals surface area contributed by atoms with Gasteiger partial charge in [-0.25, -0.2) is 15.0 Å². The molecule has 0 aliphatic heterocycles. The van der Waals surface area contributed by atoms with Crippen LogP contribution < -0.4 is 0 Å². The molecule has 0 atom stereocenters. The van der Waals surface area contributed by atoms with Gasteiger partial charge in [-0.15, -0.1) is 16.4 Å². The molecule has 0 radical (unpaired) electrons. The fraction of sp³-hybridized carbons (Fsp3) is 0.200. The molecule has 4 heterocycles. The highest BCUT2D eigenvalue weighted by molar-refractivity contribution is 7.15. The summed E-state index contributed by atoms with van der Waals surface area (Å²) < 4.78 is 3.76. The van der Waals surface area contributed by atoms with E-state index in [4.69, 9.17) is 0 Å². The Kier molecular flexibility index (Phi) is 3.00. The van der Waals surface area contributed by atoms with Crippen LogP contribution >= 0.6 is 11.3 Å². The van der Waals surface area contributed by atoms with E-state index in [9.17, 15) is 0 Å². The summed E-state index contributed by atoms with van der Waals surface area (Å²) in [6, 6.07) is 5.74. The average molecular weight is 310 g/mol. The summed E-state index contributed by atoms with van der Waals surface area (Å²) in [6.07, 6.45) is 5.71. The molecule has 0 amide bonds.